The van der Waals surface area contributed by atoms with Gasteiger partial charge >= 0.3 is 6.18 Å². The van der Waals surface area contributed by atoms with Crippen LogP contribution in [0.2, 0.25) is 0 Å². The first-order chi connectivity index (χ1) is 12.1. The van der Waals surface area contributed by atoms with Crippen LogP contribution in [0.1, 0.15) is 44.1 Å². The minimum absolute atomic E-state index is 0.287. The lowest BCUT2D eigenvalue weighted by Crippen LogP contribution is -2.38. The highest BCUT2D eigenvalue weighted by molar-refractivity contribution is 5.22. The standard InChI is InChI=1S/C16H21F3N2O5/c1-14(23,9-22)11-8-12(21-13(20-11)16(17,18)19)26-10-2-4-15(5-3-10)24-6-7-25-15/h8,10,22-23H,2-7,9H2,1H3/t14-/m0/s1. The van der Waals surface area contributed by atoms with Crippen LogP contribution in [0.4, 0.5) is 13.2 Å². The maximum Gasteiger partial charge on any atom is 0.451 e. The Bertz CT molecular complexity index is 637. The van der Waals surface area contributed by atoms with Crippen LogP contribution in [0.5, 0.6) is 5.88 Å². The molecule has 0 amide bonds. The second-order valence-corrected chi connectivity index (χ2v) is 6.77. The number of ether oxygens (including phenoxy) is 3. The van der Waals surface area contributed by atoms with Crippen LogP contribution >= 0.6 is 0 Å². The van der Waals surface area contributed by atoms with Crippen molar-refractivity contribution in [3.05, 3.63) is 17.6 Å². The number of hydrogen-bond acceptors (Lipinski definition) is 7. The lowest BCUT2D eigenvalue weighted by molar-refractivity contribution is -0.186. The Kier molecular flexibility index (Phi) is 5.13. The summed E-state index contributed by atoms with van der Waals surface area (Å²) in [6.45, 7) is 1.44. The summed E-state index contributed by atoms with van der Waals surface area (Å²) in [4.78, 5) is 6.75. The highest BCUT2D eigenvalue weighted by Gasteiger charge is 2.42. The van der Waals surface area contributed by atoms with E-state index >= 15 is 0 Å². The molecule has 1 saturated carbocycles. The summed E-state index contributed by atoms with van der Waals surface area (Å²) in [7, 11) is 0. The molecule has 1 aromatic heterocycles. The van der Waals surface area contributed by atoms with Crippen LogP contribution in [0.15, 0.2) is 6.07 Å². The van der Waals surface area contributed by atoms with Gasteiger partial charge in [0.1, 0.15) is 11.7 Å². The predicted molar refractivity (Wildman–Crippen MR) is 81.2 cm³/mol. The molecule has 0 bridgehead atoms. The lowest BCUT2D eigenvalue weighted by Gasteiger charge is -2.35. The summed E-state index contributed by atoms with van der Waals surface area (Å²) in [6.07, 6.45) is -2.92. The van der Waals surface area contributed by atoms with E-state index in [9.17, 15) is 23.4 Å². The van der Waals surface area contributed by atoms with E-state index in [2.05, 4.69) is 9.97 Å². The first-order valence-corrected chi connectivity index (χ1v) is 8.38. The van der Waals surface area contributed by atoms with Crippen molar-refractivity contribution >= 4 is 0 Å². The average Bonchev–Trinajstić information content (AvgIpc) is 3.04. The number of nitrogens with zero attached hydrogens (tertiary/aromatic N) is 2. The van der Waals surface area contributed by atoms with Gasteiger partial charge in [-0.3, -0.25) is 0 Å². The molecule has 2 heterocycles. The molecular formula is C16H21F3N2O5. The molecule has 1 saturated heterocycles. The Labute approximate surface area is 148 Å². The third-order valence-corrected chi connectivity index (χ3v) is 4.61. The second-order valence-electron chi connectivity index (χ2n) is 6.77. The molecule has 1 aliphatic heterocycles. The molecule has 10 heteroatoms. The van der Waals surface area contributed by atoms with Crippen LogP contribution < -0.4 is 4.74 Å². The van der Waals surface area contributed by atoms with Crippen LogP contribution in [0, 0.1) is 0 Å². The topological polar surface area (TPSA) is 93.9 Å². The monoisotopic (exact) mass is 378 g/mol. The summed E-state index contributed by atoms with van der Waals surface area (Å²) in [5.41, 5.74) is -2.30. The molecule has 1 atom stereocenters. The van der Waals surface area contributed by atoms with E-state index in [-0.39, 0.29) is 17.7 Å². The number of alkyl halides is 3. The van der Waals surface area contributed by atoms with Gasteiger partial charge in [-0.2, -0.15) is 18.2 Å². The van der Waals surface area contributed by atoms with E-state index in [1.54, 1.807) is 0 Å². The number of rotatable bonds is 4. The third kappa shape index (κ3) is 4.08. The van der Waals surface area contributed by atoms with Crippen LogP contribution in [-0.4, -0.2) is 51.9 Å². The van der Waals surface area contributed by atoms with Gasteiger partial charge in [-0.25, -0.2) is 4.98 Å². The minimum Gasteiger partial charge on any atom is -0.474 e. The molecule has 26 heavy (non-hydrogen) atoms. The van der Waals surface area contributed by atoms with Gasteiger partial charge in [-0.15, -0.1) is 0 Å². The van der Waals surface area contributed by atoms with Gasteiger partial charge in [0.15, 0.2) is 5.79 Å². The normalized spacial score (nSPS) is 23.2. The highest BCUT2D eigenvalue weighted by atomic mass is 19.4. The van der Waals surface area contributed by atoms with Gasteiger partial charge in [0.2, 0.25) is 11.7 Å². The Balaban J connectivity index is 1.77. The van der Waals surface area contributed by atoms with E-state index in [4.69, 9.17) is 14.2 Å². The molecule has 2 fully saturated rings. The van der Waals surface area contributed by atoms with E-state index in [1.807, 2.05) is 0 Å². The smallest absolute Gasteiger partial charge is 0.451 e. The van der Waals surface area contributed by atoms with Crippen molar-refractivity contribution in [2.45, 2.75) is 56.3 Å². The highest BCUT2D eigenvalue weighted by Crippen LogP contribution is 2.37. The van der Waals surface area contributed by atoms with Crippen LogP contribution in [0.3, 0.4) is 0 Å². The fourth-order valence-electron chi connectivity index (χ4n) is 3.07. The number of aliphatic hydroxyl groups excluding tert-OH is 1. The van der Waals surface area contributed by atoms with Gasteiger partial charge < -0.3 is 24.4 Å². The number of hydrogen-bond donors (Lipinski definition) is 2. The number of halogens is 3. The molecule has 1 aromatic rings. The number of aromatic nitrogens is 2. The average molecular weight is 378 g/mol. The minimum atomic E-state index is -4.80. The lowest BCUT2D eigenvalue weighted by atomic mass is 9.92. The summed E-state index contributed by atoms with van der Waals surface area (Å²) in [5.74, 6) is -2.31. The van der Waals surface area contributed by atoms with E-state index in [1.165, 1.54) is 6.92 Å². The van der Waals surface area contributed by atoms with Crippen LogP contribution in [0.25, 0.3) is 0 Å². The fourth-order valence-corrected chi connectivity index (χ4v) is 3.07. The first kappa shape index (κ1) is 19.3. The number of aliphatic hydroxyl groups is 2. The van der Waals surface area contributed by atoms with E-state index in [0.29, 0.717) is 38.9 Å². The molecule has 1 aliphatic carbocycles. The first-order valence-electron chi connectivity index (χ1n) is 8.38. The fraction of sp³-hybridized carbons (Fsp3) is 0.750. The summed E-state index contributed by atoms with van der Waals surface area (Å²) in [5, 5.41) is 19.3. The zero-order valence-electron chi connectivity index (χ0n) is 14.3. The van der Waals surface area contributed by atoms with Gasteiger partial charge in [0.05, 0.1) is 25.5 Å². The molecule has 1 spiro atoms. The van der Waals surface area contributed by atoms with Gasteiger partial charge in [0, 0.05) is 18.9 Å². The largest absolute Gasteiger partial charge is 0.474 e. The summed E-state index contributed by atoms with van der Waals surface area (Å²) < 4.78 is 56.0. The second kappa shape index (κ2) is 6.91. The Morgan fingerprint density at radius 1 is 1.23 bits per heavy atom. The summed E-state index contributed by atoms with van der Waals surface area (Å²) in [6, 6.07) is 1.12. The van der Waals surface area contributed by atoms with E-state index in [0.717, 1.165) is 6.07 Å². The van der Waals surface area contributed by atoms with Gasteiger partial charge in [-0.1, -0.05) is 0 Å². The molecule has 3 rings (SSSR count). The van der Waals surface area contributed by atoms with Crippen molar-refractivity contribution in [1.82, 2.24) is 9.97 Å². The van der Waals surface area contributed by atoms with Crippen molar-refractivity contribution in [2.75, 3.05) is 19.8 Å². The van der Waals surface area contributed by atoms with Crippen LogP contribution in [-0.2, 0) is 21.3 Å². The molecular weight excluding hydrogens is 357 g/mol. The molecule has 2 N–H and O–H groups in total. The molecule has 146 valence electrons. The maximum atomic E-state index is 13.1. The van der Waals surface area contributed by atoms with Crippen molar-refractivity contribution in [2.24, 2.45) is 0 Å². The Morgan fingerprint density at radius 3 is 2.38 bits per heavy atom. The molecule has 0 aromatic carbocycles. The zero-order valence-corrected chi connectivity index (χ0v) is 14.3. The quantitative estimate of drug-likeness (QED) is 0.825. The molecule has 0 radical (unpaired) electrons. The van der Waals surface area contributed by atoms with E-state index < -0.39 is 30.0 Å². The summed E-state index contributed by atoms with van der Waals surface area (Å²) >= 11 is 0. The Morgan fingerprint density at radius 2 is 1.85 bits per heavy atom. The zero-order chi connectivity index (χ0) is 19.0. The van der Waals surface area contributed by atoms with Crippen molar-refractivity contribution in [3.8, 4) is 5.88 Å². The van der Waals surface area contributed by atoms with Gasteiger partial charge in [0.25, 0.3) is 0 Å². The van der Waals surface area contributed by atoms with Crippen molar-refractivity contribution in [3.63, 3.8) is 0 Å². The predicted octanol–water partition coefficient (Wildman–Crippen LogP) is 1.76. The maximum absolute atomic E-state index is 13.1. The van der Waals surface area contributed by atoms with Crippen molar-refractivity contribution in [1.29, 1.82) is 0 Å². The SMILES string of the molecule is C[C@](O)(CO)c1cc(OC2CCC3(CC2)OCCO3)nc(C(F)(F)F)n1. The van der Waals surface area contributed by atoms with Gasteiger partial charge in [-0.05, 0) is 19.8 Å². The molecule has 0 unspecified atom stereocenters. The third-order valence-electron chi connectivity index (χ3n) is 4.61. The Hall–Kier alpha value is -1.49. The molecule has 2 aliphatic rings. The van der Waals surface area contributed by atoms with Crippen molar-refractivity contribution < 1.29 is 37.6 Å². The molecule has 7 nitrogen and oxygen atoms in total.